The van der Waals surface area contributed by atoms with E-state index in [1.165, 1.54) is 12.1 Å². The van der Waals surface area contributed by atoms with E-state index in [0.29, 0.717) is 5.56 Å². The molecule has 2 amide bonds. The third-order valence-corrected chi connectivity index (χ3v) is 3.00. The molecule has 0 fully saturated rings. The first-order valence-corrected chi connectivity index (χ1v) is 6.83. The Balaban J connectivity index is 1.90. The minimum atomic E-state index is -0.839. The number of aromatic hydroxyl groups is 1. The van der Waals surface area contributed by atoms with Gasteiger partial charge >= 0.3 is 5.97 Å². The maximum absolute atomic E-state index is 11.8. The number of esters is 1. The van der Waals surface area contributed by atoms with Crippen molar-refractivity contribution >= 4 is 17.8 Å². The van der Waals surface area contributed by atoms with Crippen molar-refractivity contribution in [2.45, 2.75) is 6.92 Å². The molecule has 0 spiro atoms. The molecule has 2 N–H and O–H groups in total. The van der Waals surface area contributed by atoms with E-state index in [1.54, 1.807) is 43.3 Å². The minimum Gasteiger partial charge on any atom is -0.507 e. The zero-order valence-corrected chi connectivity index (χ0v) is 12.4. The highest BCUT2D eigenvalue weighted by molar-refractivity contribution is 6.05. The number of hydrogen-bond donors (Lipinski definition) is 2. The molecule has 0 radical (unpaired) electrons. The van der Waals surface area contributed by atoms with Crippen LogP contribution in [0.5, 0.6) is 5.75 Å². The largest absolute Gasteiger partial charge is 0.507 e. The van der Waals surface area contributed by atoms with Gasteiger partial charge in [0, 0.05) is 5.56 Å². The third kappa shape index (κ3) is 4.41. The number of amides is 2. The summed E-state index contributed by atoms with van der Waals surface area (Å²) in [6.45, 7) is 1.13. The van der Waals surface area contributed by atoms with Gasteiger partial charge in [0.2, 0.25) is 0 Å². The quantitative estimate of drug-likeness (QED) is 0.840. The summed E-state index contributed by atoms with van der Waals surface area (Å²) in [6.07, 6.45) is 0. The molecule has 2 aromatic carbocycles. The molecule has 23 heavy (non-hydrogen) atoms. The van der Waals surface area contributed by atoms with Gasteiger partial charge in [-0.25, -0.2) is 4.79 Å². The molecule has 0 aliphatic carbocycles. The van der Waals surface area contributed by atoms with Gasteiger partial charge in [-0.05, 0) is 31.2 Å². The van der Waals surface area contributed by atoms with Crippen LogP contribution >= 0.6 is 0 Å². The average Bonchev–Trinajstić information content (AvgIpc) is 2.55. The Morgan fingerprint density at radius 1 is 1.09 bits per heavy atom. The molecule has 0 saturated carbocycles. The molecule has 0 aliphatic rings. The van der Waals surface area contributed by atoms with E-state index in [1.807, 2.05) is 0 Å². The van der Waals surface area contributed by atoms with Crippen molar-refractivity contribution in [3.8, 4) is 5.75 Å². The van der Waals surface area contributed by atoms with E-state index in [-0.39, 0.29) is 11.3 Å². The van der Waals surface area contributed by atoms with E-state index in [0.717, 1.165) is 5.56 Å². The van der Waals surface area contributed by atoms with Crippen LogP contribution in [-0.4, -0.2) is 29.5 Å². The molecule has 0 bridgehead atoms. The fourth-order valence-electron chi connectivity index (χ4n) is 1.85. The van der Waals surface area contributed by atoms with Crippen LogP contribution in [0, 0.1) is 6.92 Å². The molecule has 0 saturated heterocycles. The fourth-order valence-corrected chi connectivity index (χ4v) is 1.85. The lowest BCUT2D eigenvalue weighted by atomic mass is 10.1. The van der Waals surface area contributed by atoms with Crippen LogP contribution in [0.15, 0.2) is 48.5 Å². The van der Waals surface area contributed by atoms with Gasteiger partial charge in [-0.3, -0.25) is 14.9 Å². The normalized spacial score (nSPS) is 9.96. The van der Waals surface area contributed by atoms with Crippen LogP contribution in [0.2, 0.25) is 0 Å². The minimum absolute atomic E-state index is 0.0350. The van der Waals surface area contributed by atoms with Crippen molar-refractivity contribution < 1.29 is 24.2 Å². The molecule has 2 aromatic rings. The first-order valence-electron chi connectivity index (χ1n) is 6.83. The number of aryl methyl sites for hydroxylation is 1. The highest BCUT2D eigenvalue weighted by Crippen LogP contribution is 2.18. The summed E-state index contributed by atoms with van der Waals surface area (Å²) < 4.78 is 4.80. The summed E-state index contributed by atoms with van der Waals surface area (Å²) in [5.74, 6) is -2.40. The fraction of sp³-hybridized carbons (Fsp3) is 0.118. The Kier molecular flexibility index (Phi) is 5.09. The van der Waals surface area contributed by atoms with Crippen molar-refractivity contribution in [1.29, 1.82) is 0 Å². The van der Waals surface area contributed by atoms with Crippen LogP contribution in [0.3, 0.4) is 0 Å². The predicted molar refractivity (Wildman–Crippen MR) is 82.0 cm³/mol. The summed E-state index contributed by atoms with van der Waals surface area (Å²) in [4.78, 5) is 35.2. The van der Waals surface area contributed by atoms with Crippen LogP contribution in [-0.2, 0) is 9.53 Å². The first kappa shape index (κ1) is 16.2. The molecule has 0 unspecified atom stereocenters. The third-order valence-electron chi connectivity index (χ3n) is 3.00. The van der Waals surface area contributed by atoms with Gasteiger partial charge in [-0.2, -0.15) is 0 Å². The standard InChI is InChI=1S/C17H15NO5/c1-11-7-8-14(19)13(9-11)17(22)23-10-15(20)18-16(21)12-5-3-2-4-6-12/h2-9,19H,10H2,1H3,(H,18,20,21). The number of carbonyl (C=O) groups excluding carboxylic acids is 3. The van der Waals surface area contributed by atoms with Crippen molar-refractivity contribution in [1.82, 2.24) is 5.32 Å². The number of hydrogen-bond acceptors (Lipinski definition) is 5. The van der Waals surface area contributed by atoms with Gasteiger partial charge in [0.25, 0.3) is 11.8 Å². The highest BCUT2D eigenvalue weighted by atomic mass is 16.5. The second-order valence-corrected chi connectivity index (χ2v) is 4.84. The van der Waals surface area contributed by atoms with Gasteiger partial charge in [0.1, 0.15) is 11.3 Å². The number of rotatable bonds is 4. The molecule has 6 nitrogen and oxygen atoms in total. The number of nitrogens with one attached hydrogen (secondary N) is 1. The Morgan fingerprint density at radius 2 is 1.78 bits per heavy atom. The molecular weight excluding hydrogens is 298 g/mol. The maximum atomic E-state index is 11.8. The van der Waals surface area contributed by atoms with Crippen molar-refractivity contribution in [3.63, 3.8) is 0 Å². The van der Waals surface area contributed by atoms with Crippen LogP contribution in [0.4, 0.5) is 0 Å². The number of imide groups is 1. The molecule has 0 heterocycles. The van der Waals surface area contributed by atoms with Crippen LogP contribution < -0.4 is 5.32 Å². The highest BCUT2D eigenvalue weighted by Gasteiger charge is 2.16. The number of phenols is 1. The van der Waals surface area contributed by atoms with E-state index in [9.17, 15) is 19.5 Å². The molecular formula is C17H15NO5. The lowest BCUT2D eigenvalue weighted by Crippen LogP contribution is -2.34. The zero-order valence-electron chi connectivity index (χ0n) is 12.4. The van der Waals surface area contributed by atoms with Crippen molar-refractivity contribution in [2.24, 2.45) is 0 Å². The lowest BCUT2D eigenvalue weighted by Gasteiger charge is -2.07. The second-order valence-electron chi connectivity index (χ2n) is 4.84. The van der Waals surface area contributed by atoms with Gasteiger partial charge in [-0.15, -0.1) is 0 Å². The number of ether oxygens (including phenoxy) is 1. The molecule has 2 rings (SSSR count). The molecule has 0 aliphatic heterocycles. The summed E-state index contributed by atoms with van der Waals surface area (Å²) in [5.41, 5.74) is 1.05. The van der Waals surface area contributed by atoms with Crippen molar-refractivity contribution in [2.75, 3.05) is 6.61 Å². The van der Waals surface area contributed by atoms with Gasteiger partial charge in [-0.1, -0.05) is 29.8 Å². The first-order chi connectivity index (χ1) is 11.0. The monoisotopic (exact) mass is 313 g/mol. The number of benzene rings is 2. The van der Waals surface area contributed by atoms with Gasteiger partial charge in [0.15, 0.2) is 6.61 Å². The van der Waals surface area contributed by atoms with Gasteiger partial charge in [0.05, 0.1) is 0 Å². The SMILES string of the molecule is Cc1ccc(O)c(C(=O)OCC(=O)NC(=O)c2ccccc2)c1. The molecule has 0 atom stereocenters. The summed E-state index contributed by atoms with van der Waals surface area (Å²) in [5, 5.41) is 11.7. The zero-order chi connectivity index (χ0) is 16.8. The predicted octanol–water partition coefficient (Wildman–Crippen LogP) is 1.81. The van der Waals surface area contributed by atoms with Crippen LogP contribution in [0.1, 0.15) is 26.3 Å². The summed E-state index contributed by atoms with van der Waals surface area (Å²) >= 11 is 0. The van der Waals surface area contributed by atoms with Crippen molar-refractivity contribution in [3.05, 3.63) is 65.2 Å². The Bertz CT molecular complexity index is 740. The van der Waals surface area contributed by atoms with E-state index < -0.39 is 24.4 Å². The lowest BCUT2D eigenvalue weighted by molar-refractivity contribution is -0.123. The number of carbonyl (C=O) groups is 3. The van der Waals surface area contributed by atoms with Gasteiger partial charge < -0.3 is 9.84 Å². The average molecular weight is 313 g/mol. The topological polar surface area (TPSA) is 92.7 Å². The molecule has 6 heteroatoms. The van der Waals surface area contributed by atoms with Crippen LogP contribution in [0.25, 0.3) is 0 Å². The smallest absolute Gasteiger partial charge is 0.342 e. The van der Waals surface area contributed by atoms with E-state index in [4.69, 9.17) is 4.74 Å². The molecule has 118 valence electrons. The van der Waals surface area contributed by atoms with E-state index >= 15 is 0 Å². The van der Waals surface area contributed by atoms with E-state index in [2.05, 4.69) is 5.32 Å². The molecule has 0 aromatic heterocycles. The maximum Gasteiger partial charge on any atom is 0.342 e. The summed E-state index contributed by atoms with van der Waals surface area (Å²) in [6, 6.07) is 12.6. The number of phenolic OH excluding ortho intramolecular Hbond substituents is 1. The summed E-state index contributed by atoms with van der Waals surface area (Å²) in [7, 11) is 0. The Hall–Kier alpha value is -3.15. The Morgan fingerprint density at radius 3 is 2.48 bits per heavy atom. The second kappa shape index (κ2) is 7.22. The Labute approximate surface area is 132 Å².